The van der Waals surface area contributed by atoms with E-state index in [0.717, 1.165) is 34.7 Å². The van der Waals surface area contributed by atoms with Crippen LogP contribution in [-0.2, 0) is 13.5 Å². The van der Waals surface area contributed by atoms with Crippen LogP contribution in [0.1, 0.15) is 19.2 Å². The lowest BCUT2D eigenvalue weighted by atomic mass is 10.3. The number of nitrogens with one attached hydrogen (secondary N) is 1. The van der Waals surface area contributed by atoms with Gasteiger partial charge >= 0.3 is 0 Å². The van der Waals surface area contributed by atoms with Gasteiger partial charge in [0.05, 0.1) is 0 Å². The zero-order valence-electron chi connectivity index (χ0n) is 10.8. The average Bonchev–Trinajstić information content (AvgIpc) is 2.75. The predicted molar refractivity (Wildman–Crippen MR) is 72.9 cm³/mol. The largest absolute Gasteiger partial charge is 0.373 e. The summed E-state index contributed by atoms with van der Waals surface area (Å²) >= 11 is 1.55. The van der Waals surface area contributed by atoms with E-state index in [2.05, 4.69) is 27.2 Å². The summed E-state index contributed by atoms with van der Waals surface area (Å²) in [6.45, 7) is 2.13. The van der Waals surface area contributed by atoms with Gasteiger partial charge in [0.25, 0.3) is 0 Å². The molecule has 2 aromatic heterocycles. The zero-order chi connectivity index (χ0) is 13.0. The smallest absolute Gasteiger partial charge is 0.174 e. The van der Waals surface area contributed by atoms with E-state index >= 15 is 0 Å². The Morgan fingerprint density at radius 2 is 2.22 bits per heavy atom. The molecule has 0 aliphatic carbocycles. The van der Waals surface area contributed by atoms with Crippen LogP contribution in [0.3, 0.4) is 0 Å². The Morgan fingerprint density at radius 1 is 1.39 bits per heavy atom. The van der Waals surface area contributed by atoms with Gasteiger partial charge in [-0.2, -0.15) is 0 Å². The van der Waals surface area contributed by atoms with E-state index in [1.54, 1.807) is 18.0 Å². The van der Waals surface area contributed by atoms with Crippen LogP contribution in [0.15, 0.2) is 28.6 Å². The highest BCUT2D eigenvalue weighted by atomic mass is 32.2. The second-order valence-electron chi connectivity index (χ2n) is 3.93. The molecule has 2 heterocycles. The molecule has 96 valence electrons. The Labute approximate surface area is 111 Å². The predicted octanol–water partition coefficient (Wildman–Crippen LogP) is 2.36. The number of hydrogen-bond donors (Lipinski definition) is 1. The van der Waals surface area contributed by atoms with Crippen molar-refractivity contribution in [2.75, 3.05) is 12.4 Å². The van der Waals surface area contributed by atoms with Crippen LogP contribution in [-0.4, -0.2) is 26.6 Å². The van der Waals surface area contributed by atoms with Crippen LogP contribution in [0.2, 0.25) is 0 Å². The van der Waals surface area contributed by atoms with Crippen molar-refractivity contribution in [3.8, 4) is 0 Å². The molecule has 2 rings (SSSR count). The Morgan fingerprint density at radius 3 is 2.83 bits per heavy atom. The fourth-order valence-electron chi connectivity index (χ4n) is 1.53. The van der Waals surface area contributed by atoms with Crippen molar-refractivity contribution >= 4 is 17.6 Å². The van der Waals surface area contributed by atoms with E-state index in [0.29, 0.717) is 0 Å². The fraction of sp³-hybridized carbons (Fsp3) is 0.417. The average molecular weight is 263 g/mol. The molecule has 6 heteroatoms. The van der Waals surface area contributed by atoms with Gasteiger partial charge in [0.1, 0.15) is 16.7 Å². The summed E-state index contributed by atoms with van der Waals surface area (Å²) < 4.78 is 1.98. The van der Waals surface area contributed by atoms with Crippen LogP contribution >= 0.6 is 11.8 Å². The van der Waals surface area contributed by atoms with Crippen LogP contribution < -0.4 is 5.32 Å². The number of rotatable bonds is 5. The molecular formula is C12H17N5S. The third-order valence-corrected chi connectivity index (χ3v) is 3.45. The quantitative estimate of drug-likeness (QED) is 0.839. The molecule has 0 fully saturated rings. The van der Waals surface area contributed by atoms with E-state index in [9.17, 15) is 0 Å². The monoisotopic (exact) mass is 263 g/mol. The number of aryl methyl sites for hydroxylation is 2. The SMILES string of the molecule is CCCc1nc(NC)cc(Sc2nccn2C)n1. The maximum absolute atomic E-state index is 4.55. The van der Waals surface area contributed by atoms with Crippen molar-refractivity contribution in [2.45, 2.75) is 29.9 Å². The van der Waals surface area contributed by atoms with Crippen molar-refractivity contribution < 1.29 is 0 Å². The van der Waals surface area contributed by atoms with E-state index in [-0.39, 0.29) is 0 Å². The lowest BCUT2D eigenvalue weighted by Gasteiger charge is -2.06. The lowest BCUT2D eigenvalue weighted by Crippen LogP contribution is -2.01. The molecular weight excluding hydrogens is 246 g/mol. The molecule has 0 saturated carbocycles. The topological polar surface area (TPSA) is 55.6 Å². The normalized spacial score (nSPS) is 10.6. The zero-order valence-corrected chi connectivity index (χ0v) is 11.7. The van der Waals surface area contributed by atoms with Crippen molar-refractivity contribution in [3.05, 3.63) is 24.3 Å². The highest BCUT2D eigenvalue weighted by Gasteiger charge is 2.07. The summed E-state index contributed by atoms with van der Waals surface area (Å²) in [4.78, 5) is 13.3. The summed E-state index contributed by atoms with van der Waals surface area (Å²) in [7, 11) is 3.84. The number of hydrogen-bond acceptors (Lipinski definition) is 5. The molecule has 1 N–H and O–H groups in total. The van der Waals surface area contributed by atoms with Crippen LogP contribution in [0.5, 0.6) is 0 Å². The maximum atomic E-state index is 4.55. The standard InChI is InChI=1S/C12H17N5S/c1-4-5-9-15-10(13-2)8-11(16-9)18-12-14-6-7-17(12)3/h6-8H,4-5H2,1-3H3,(H,13,15,16). The second kappa shape index (κ2) is 5.86. The molecule has 0 saturated heterocycles. The Bertz CT molecular complexity index is 523. The molecule has 0 bridgehead atoms. The van der Waals surface area contributed by atoms with E-state index in [1.165, 1.54) is 0 Å². The first-order valence-electron chi connectivity index (χ1n) is 5.93. The molecule has 0 aliphatic rings. The van der Waals surface area contributed by atoms with Gasteiger partial charge in [0.15, 0.2) is 5.16 Å². The summed E-state index contributed by atoms with van der Waals surface area (Å²) in [6.07, 6.45) is 5.65. The van der Waals surface area contributed by atoms with Gasteiger partial charge in [-0.15, -0.1) is 0 Å². The maximum Gasteiger partial charge on any atom is 0.174 e. The Hall–Kier alpha value is -1.56. The summed E-state index contributed by atoms with van der Waals surface area (Å²) in [5, 5.41) is 4.92. The second-order valence-corrected chi connectivity index (χ2v) is 4.92. The number of nitrogens with zero attached hydrogens (tertiary/aromatic N) is 4. The molecule has 18 heavy (non-hydrogen) atoms. The van der Waals surface area contributed by atoms with Crippen LogP contribution in [0.4, 0.5) is 5.82 Å². The molecule has 0 aliphatic heterocycles. The highest BCUT2D eigenvalue weighted by Crippen LogP contribution is 2.25. The first-order chi connectivity index (χ1) is 8.72. The number of anilines is 1. The van der Waals surface area contributed by atoms with Gasteiger partial charge in [-0.1, -0.05) is 6.92 Å². The summed E-state index contributed by atoms with van der Waals surface area (Å²) in [5.41, 5.74) is 0. The highest BCUT2D eigenvalue weighted by molar-refractivity contribution is 7.99. The molecule has 0 amide bonds. The molecule has 0 spiro atoms. The van der Waals surface area contributed by atoms with E-state index in [1.807, 2.05) is 30.9 Å². The first-order valence-corrected chi connectivity index (χ1v) is 6.75. The fourth-order valence-corrected chi connectivity index (χ4v) is 2.36. The van der Waals surface area contributed by atoms with Gasteiger partial charge in [-0.05, 0) is 18.2 Å². The number of imidazole rings is 1. The van der Waals surface area contributed by atoms with Crippen molar-refractivity contribution in [3.63, 3.8) is 0 Å². The lowest BCUT2D eigenvalue weighted by molar-refractivity contribution is 0.782. The third-order valence-electron chi connectivity index (χ3n) is 2.45. The van der Waals surface area contributed by atoms with Gasteiger partial charge < -0.3 is 9.88 Å². The van der Waals surface area contributed by atoms with Crippen molar-refractivity contribution in [2.24, 2.45) is 7.05 Å². The third kappa shape index (κ3) is 3.01. The molecule has 0 atom stereocenters. The minimum atomic E-state index is 0.852. The van der Waals surface area contributed by atoms with Gasteiger partial charge in [0.2, 0.25) is 0 Å². The van der Waals surface area contributed by atoms with Crippen LogP contribution in [0.25, 0.3) is 0 Å². The van der Waals surface area contributed by atoms with E-state index < -0.39 is 0 Å². The molecule has 5 nitrogen and oxygen atoms in total. The van der Waals surface area contributed by atoms with Crippen LogP contribution in [0, 0.1) is 0 Å². The minimum Gasteiger partial charge on any atom is -0.373 e. The first kappa shape index (κ1) is 12.9. The molecule has 0 unspecified atom stereocenters. The van der Waals surface area contributed by atoms with Gasteiger partial charge in [0, 0.05) is 39.0 Å². The summed E-state index contributed by atoms with van der Waals surface area (Å²) in [5.74, 6) is 1.73. The minimum absolute atomic E-state index is 0.852. The van der Waals surface area contributed by atoms with Crippen molar-refractivity contribution in [1.29, 1.82) is 0 Å². The Balaban J connectivity index is 2.26. The number of aromatic nitrogens is 4. The van der Waals surface area contributed by atoms with Gasteiger partial charge in [-0.25, -0.2) is 15.0 Å². The summed E-state index contributed by atoms with van der Waals surface area (Å²) in [6, 6.07) is 1.94. The van der Waals surface area contributed by atoms with Gasteiger partial charge in [-0.3, -0.25) is 0 Å². The van der Waals surface area contributed by atoms with E-state index in [4.69, 9.17) is 0 Å². The van der Waals surface area contributed by atoms with Crippen molar-refractivity contribution in [1.82, 2.24) is 19.5 Å². The molecule has 0 radical (unpaired) electrons. The molecule has 2 aromatic rings. The Kier molecular flexibility index (Phi) is 4.19. The molecule has 0 aromatic carbocycles.